The zero-order chi connectivity index (χ0) is 28.9. The minimum Gasteiger partial charge on any atom is -0.369 e. The van der Waals surface area contributed by atoms with Crippen molar-refractivity contribution < 1.29 is 28.8 Å². The van der Waals surface area contributed by atoms with Gasteiger partial charge in [-0.25, -0.2) is 0 Å². The summed E-state index contributed by atoms with van der Waals surface area (Å²) in [4.78, 5) is 28.4. The molecule has 0 fully saturated rings. The number of amides is 2. The summed E-state index contributed by atoms with van der Waals surface area (Å²) >= 11 is 0. The van der Waals surface area contributed by atoms with Crippen LogP contribution < -0.4 is 0 Å². The fourth-order valence-electron chi connectivity index (χ4n) is 6.14. The first-order valence-electron chi connectivity index (χ1n) is 14.8. The predicted molar refractivity (Wildman–Crippen MR) is 156 cm³/mol. The summed E-state index contributed by atoms with van der Waals surface area (Å²) in [6.45, 7) is 5.28. The van der Waals surface area contributed by atoms with E-state index in [1.54, 1.807) is 21.9 Å². The van der Waals surface area contributed by atoms with Crippen LogP contribution in [0.1, 0.15) is 82.8 Å². The molecule has 0 radical (unpaired) electrons. The second kappa shape index (κ2) is 12.8. The minimum atomic E-state index is -0.826. The Kier molecular flexibility index (Phi) is 9.67. The van der Waals surface area contributed by atoms with Crippen molar-refractivity contribution in [3.05, 3.63) is 70.8 Å². The van der Waals surface area contributed by atoms with Crippen LogP contribution in [0.25, 0.3) is 0 Å². The third-order valence-electron chi connectivity index (χ3n) is 8.65. The van der Waals surface area contributed by atoms with E-state index in [0.29, 0.717) is 24.2 Å². The van der Waals surface area contributed by atoms with Crippen LogP contribution in [0, 0.1) is 0 Å². The Labute approximate surface area is 239 Å². The van der Waals surface area contributed by atoms with Gasteiger partial charge in [0.2, 0.25) is 0 Å². The summed E-state index contributed by atoms with van der Waals surface area (Å²) in [5, 5.41) is 21.1. The summed E-state index contributed by atoms with van der Waals surface area (Å²) < 4.78 is 1.83. The molecular formula is C32H48N4O4+2. The summed E-state index contributed by atoms with van der Waals surface area (Å²) in [7, 11) is 8.99. The van der Waals surface area contributed by atoms with E-state index in [1.165, 1.54) is 25.7 Å². The van der Waals surface area contributed by atoms with Crippen LogP contribution in [0.4, 0.5) is 0 Å². The summed E-state index contributed by atoms with van der Waals surface area (Å²) in [6, 6.07) is 14.7. The van der Waals surface area contributed by atoms with Crippen LogP contribution in [0.5, 0.6) is 0 Å². The number of aliphatic hydroxyl groups excluding tert-OH is 2. The molecule has 2 heterocycles. The van der Waals surface area contributed by atoms with Gasteiger partial charge in [0.25, 0.3) is 11.8 Å². The molecule has 0 saturated heterocycles. The summed E-state index contributed by atoms with van der Waals surface area (Å²) in [5.74, 6) is -0.134. The molecule has 2 unspecified atom stereocenters. The summed E-state index contributed by atoms with van der Waals surface area (Å²) in [6.07, 6.45) is 4.82. The van der Waals surface area contributed by atoms with Crippen molar-refractivity contribution in [1.29, 1.82) is 0 Å². The van der Waals surface area contributed by atoms with Crippen molar-refractivity contribution >= 4 is 11.8 Å². The highest BCUT2D eigenvalue weighted by atomic mass is 16.3. The number of benzene rings is 2. The third-order valence-corrected chi connectivity index (χ3v) is 8.65. The van der Waals surface area contributed by atoms with E-state index in [9.17, 15) is 19.8 Å². The average molecular weight is 553 g/mol. The molecule has 8 nitrogen and oxygen atoms in total. The topological polar surface area (TPSA) is 81.1 Å². The van der Waals surface area contributed by atoms with Crippen LogP contribution in [-0.2, 0) is 0 Å². The lowest BCUT2D eigenvalue weighted by Gasteiger charge is -2.32. The van der Waals surface area contributed by atoms with E-state index in [4.69, 9.17) is 0 Å². The Morgan fingerprint density at radius 3 is 1.30 bits per heavy atom. The second-order valence-corrected chi connectivity index (χ2v) is 12.8. The number of hydrogen-bond acceptors (Lipinski definition) is 4. The molecule has 2 N–H and O–H groups in total. The van der Waals surface area contributed by atoms with Crippen molar-refractivity contribution in [2.45, 2.75) is 51.0 Å². The molecule has 2 aromatic rings. The number of unbranched alkanes of at least 4 members (excludes halogenated alkanes) is 3. The molecule has 0 spiro atoms. The fraction of sp³-hybridized carbons (Fsp3) is 0.562. The van der Waals surface area contributed by atoms with Gasteiger partial charge in [0.1, 0.15) is 0 Å². The smallest absolute Gasteiger partial charge is 0.256 e. The first-order chi connectivity index (χ1) is 19.0. The van der Waals surface area contributed by atoms with Gasteiger partial charge in [0.05, 0.1) is 54.4 Å². The van der Waals surface area contributed by atoms with Crippen molar-refractivity contribution in [3.8, 4) is 0 Å². The van der Waals surface area contributed by atoms with Crippen molar-refractivity contribution in [2.75, 3.05) is 67.5 Å². The highest BCUT2D eigenvalue weighted by Crippen LogP contribution is 2.32. The van der Waals surface area contributed by atoms with Gasteiger partial charge in [-0.3, -0.25) is 9.59 Å². The predicted octanol–water partition coefficient (Wildman–Crippen LogP) is 3.77. The number of rotatable bonds is 15. The van der Waals surface area contributed by atoms with Gasteiger partial charge < -0.3 is 29.0 Å². The number of hydrogen-bond donors (Lipinski definition) is 2. The van der Waals surface area contributed by atoms with Crippen LogP contribution in [0.15, 0.2) is 48.5 Å². The van der Waals surface area contributed by atoms with Crippen LogP contribution in [0.2, 0.25) is 0 Å². The van der Waals surface area contributed by atoms with E-state index >= 15 is 0 Å². The zero-order valence-electron chi connectivity index (χ0n) is 24.8. The number of aliphatic hydroxyl groups is 2. The molecule has 2 aromatic carbocycles. The molecule has 2 aliphatic rings. The number of carbonyl (C=O) groups is 2. The number of quaternary nitrogens is 2. The average Bonchev–Trinajstić information content (AvgIpc) is 3.31. The molecule has 218 valence electrons. The molecule has 2 atom stereocenters. The monoisotopic (exact) mass is 552 g/mol. The van der Waals surface area contributed by atoms with Crippen LogP contribution in [-0.4, -0.2) is 108 Å². The van der Waals surface area contributed by atoms with Gasteiger partial charge in [-0.05, 0) is 37.8 Å². The normalized spacial score (nSPS) is 18.9. The van der Waals surface area contributed by atoms with Gasteiger partial charge >= 0.3 is 0 Å². The molecule has 0 aliphatic carbocycles. The molecule has 40 heavy (non-hydrogen) atoms. The Hall–Kier alpha value is -2.78. The van der Waals surface area contributed by atoms with Gasteiger partial charge in [0, 0.05) is 48.2 Å². The Bertz CT molecular complexity index is 1090. The molecular weight excluding hydrogens is 504 g/mol. The van der Waals surface area contributed by atoms with E-state index in [0.717, 1.165) is 59.1 Å². The van der Waals surface area contributed by atoms with Gasteiger partial charge in [-0.2, -0.15) is 0 Å². The maximum absolute atomic E-state index is 12.6. The highest BCUT2D eigenvalue weighted by molar-refractivity contribution is 5.99. The second-order valence-electron chi connectivity index (χ2n) is 12.8. The third kappa shape index (κ3) is 7.10. The van der Waals surface area contributed by atoms with Gasteiger partial charge in [0.15, 0.2) is 12.5 Å². The van der Waals surface area contributed by atoms with Gasteiger partial charge in [-0.1, -0.05) is 36.4 Å². The Balaban J connectivity index is 1.07. The number of carbonyl (C=O) groups excluding carboxylic acids is 2. The Morgan fingerprint density at radius 1 is 0.575 bits per heavy atom. The van der Waals surface area contributed by atoms with Crippen LogP contribution in [0.3, 0.4) is 0 Å². The zero-order valence-corrected chi connectivity index (χ0v) is 24.8. The van der Waals surface area contributed by atoms with Crippen molar-refractivity contribution in [1.82, 2.24) is 9.80 Å². The van der Waals surface area contributed by atoms with E-state index in [2.05, 4.69) is 28.2 Å². The molecule has 0 saturated carbocycles. The molecule has 0 aromatic heterocycles. The highest BCUT2D eigenvalue weighted by Gasteiger charge is 2.36. The lowest BCUT2D eigenvalue weighted by Crippen LogP contribution is -2.43. The van der Waals surface area contributed by atoms with Gasteiger partial charge in [-0.15, -0.1) is 0 Å². The number of fused-ring (bicyclic) bond motifs is 2. The number of nitrogens with zero attached hydrogens (tertiary/aromatic N) is 4. The van der Waals surface area contributed by atoms with E-state index in [1.807, 2.05) is 36.4 Å². The molecule has 4 rings (SSSR count). The molecule has 8 heteroatoms. The van der Waals surface area contributed by atoms with E-state index < -0.39 is 12.5 Å². The minimum absolute atomic E-state index is 0.0672. The first-order valence-corrected chi connectivity index (χ1v) is 14.8. The largest absolute Gasteiger partial charge is 0.369 e. The SMILES string of the molecule is C[N+](C)(CCCCCC[N+](C)(C)CCCN1C(=O)c2ccccc2C1O)CCCN1C(=O)c2ccccc2C1O. The van der Waals surface area contributed by atoms with Crippen molar-refractivity contribution in [2.24, 2.45) is 0 Å². The summed E-state index contributed by atoms with van der Waals surface area (Å²) in [5.41, 5.74) is 2.68. The lowest BCUT2D eigenvalue weighted by molar-refractivity contribution is -0.891. The molecule has 2 amide bonds. The maximum atomic E-state index is 12.6. The maximum Gasteiger partial charge on any atom is 0.256 e. The van der Waals surface area contributed by atoms with E-state index in [-0.39, 0.29) is 11.8 Å². The molecule has 0 bridgehead atoms. The van der Waals surface area contributed by atoms with Crippen molar-refractivity contribution in [3.63, 3.8) is 0 Å². The quantitative estimate of drug-likeness (QED) is 0.260. The molecule has 2 aliphatic heterocycles. The standard InChI is InChI=1S/C32H48N4O4/c1-35(2,23-13-19-33-29(37)25-15-7-8-16-26(25)30(33)38)21-11-5-6-12-22-36(3,4)24-14-20-34-31(39)27-17-9-10-18-28(27)32(34)40/h7-10,15-18,29,31,37,39H,5-6,11-14,19-24H2,1-4H3/q+2. The Morgan fingerprint density at radius 2 is 0.925 bits per heavy atom. The fourth-order valence-corrected chi connectivity index (χ4v) is 6.14. The van der Waals surface area contributed by atoms with Crippen LogP contribution >= 0.6 is 0 Å². The first kappa shape index (κ1) is 30.2. The lowest BCUT2D eigenvalue weighted by atomic mass is 10.1.